The van der Waals surface area contributed by atoms with E-state index in [0.717, 1.165) is 5.56 Å². The SMILES string of the molecule is Cc1ccc(Nc2ccc(C)c(C(=O)O)c2)c(C#N)c1. The Morgan fingerprint density at radius 1 is 1.20 bits per heavy atom. The van der Waals surface area contributed by atoms with Crippen LogP contribution in [0.3, 0.4) is 0 Å². The molecule has 0 spiro atoms. The summed E-state index contributed by atoms with van der Waals surface area (Å²) in [4.78, 5) is 11.1. The summed E-state index contributed by atoms with van der Waals surface area (Å²) in [6.07, 6.45) is 0. The number of rotatable bonds is 3. The van der Waals surface area contributed by atoms with E-state index in [4.69, 9.17) is 10.4 Å². The first kappa shape index (κ1) is 13.6. The third-order valence-corrected chi connectivity index (χ3v) is 3.04. The fraction of sp³-hybridized carbons (Fsp3) is 0.125. The predicted octanol–water partition coefficient (Wildman–Crippen LogP) is 3.62. The van der Waals surface area contributed by atoms with Crippen molar-refractivity contribution >= 4 is 17.3 Å². The molecule has 4 heteroatoms. The molecule has 0 aliphatic heterocycles. The zero-order chi connectivity index (χ0) is 14.7. The molecule has 0 atom stereocenters. The molecule has 0 aliphatic carbocycles. The molecule has 2 N–H and O–H groups in total. The van der Waals surface area contributed by atoms with Gasteiger partial charge in [0.1, 0.15) is 6.07 Å². The van der Waals surface area contributed by atoms with E-state index < -0.39 is 5.97 Å². The van der Waals surface area contributed by atoms with Gasteiger partial charge in [0.05, 0.1) is 16.8 Å². The Morgan fingerprint density at radius 3 is 2.60 bits per heavy atom. The molecule has 20 heavy (non-hydrogen) atoms. The van der Waals surface area contributed by atoms with Crippen LogP contribution in [0.15, 0.2) is 36.4 Å². The van der Waals surface area contributed by atoms with Crippen LogP contribution in [-0.2, 0) is 0 Å². The first-order valence-corrected chi connectivity index (χ1v) is 6.13. The third kappa shape index (κ3) is 2.78. The first-order valence-electron chi connectivity index (χ1n) is 6.13. The van der Waals surface area contributed by atoms with E-state index in [1.165, 1.54) is 0 Å². The molecule has 0 aromatic heterocycles. The van der Waals surface area contributed by atoms with Crippen LogP contribution < -0.4 is 5.32 Å². The van der Waals surface area contributed by atoms with E-state index in [1.54, 1.807) is 31.2 Å². The van der Waals surface area contributed by atoms with Gasteiger partial charge >= 0.3 is 5.97 Å². The maximum absolute atomic E-state index is 11.1. The normalized spacial score (nSPS) is 9.85. The van der Waals surface area contributed by atoms with Gasteiger partial charge in [0.2, 0.25) is 0 Å². The topological polar surface area (TPSA) is 73.1 Å². The number of hydrogen-bond acceptors (Lipinski definition) is 3. The summed E-state index contributed by atoms with van der Waals surface area (Å²) in [5, 5.41) is 21.3. The third-order valence-electron chi connectivity index (χ3n) is 3.04. The fourth-order valence-electron chi connectivity index (χ4n) is 1.95. The van der Waals surface area contributed by atoms with Crippen molar-refractivity contribution in [2.24, 2.45) is 0 Å². The number of carboxylic acid groups (broad SMARTS) is 1. The highest BCUT2D eigenvalue weighted by atomic mass is 16.4. The lowest BCUT2D eigenvalue weighted by atomic mass is 10.1. The highest BCUT2D eigenvalue weighted by molar-refractivity contribution is 5.91. The van der Waals surface area contributed by atoms with Gasteiger partial charge in [0, 0.05) is 5.69 Å². The van der Waals surface area contributed by atoms with E-state index in [2.05, 4.69) is 11.4 Å². The monoisotopic (exact) mass is 266 g/mol. The molecule has 0 heterocycles. The zero-order valence-corrected chi connectivity index (χ0v) is 11.3. The van der Waals surface area contributed by atoms with Crippen molar-refractivity contribution in [2.45, 2.75) is 13.8 Å². The molecule has 0 saturated heterocycles. The summed E-state index contributed by atoms with van der Waals surface area (Å²) < 4.78 is 0. The van der Waals surface area contributed by atoms with Crippen LogP contribution >= 0.6 is 0 Å². The van der Waals surface area contributed by atoms with Crippen molar-refractivity contribution in [3.63, 3.8) is 0 Å². The molecule has 2 aromatic carbocycles. The fourth-order valence-corrected chi connectivity index (χ4v) is 1.95. The summed E-state index contributed by atoms with van der Waals surface area (Å²) in [7, 11) is 0. The average Bonchev–Trinajstić information content (AvgIpc) is 2.42. The second kappa shape index (κ2) is 5.45. The number of hydrogen-bond donors (Lipinski definition) is 2. The minimum Gasteiger partial charge on any atom is -0.478 e. The average molecular weight is 266 g/mol. The minimum atomic E-state index is -0.962. The summed E-state index contributed by atoms with van der Waals surface area (Å²) in [5.41, 5.74) is 3.80. The van der Waals surface area contributed by atoms with Crippen LogP contribution in [0.2, 0.25) is 0 Å². The molecule has 2 aromatic rings. The van der Waals surface area contributed by atoms with Crippen LogP contribution in [0, 0.1) is 25.2 Å². The number of aryl methyl sites for hydroxylation is 2. The quantitative estimate of drug-likeness (QED) is 0.889. The van der Waals surface area contributed by atoms with Gasteiger partial charge < -0.3 is 10.4 Å². The lowest BCUT2D eigenvalue weighted by Gasteiger charge is -2.10. The number of anilines is 2. The van der Waals surface area contributed by atoms with Gasteiger partial charge in [-0.15, -0.1) is 0 Å². The van der Waals surface area contributed by atoms with Crippen LogP contribution in [0.25, 0.3) is 0 Å². The van der Waals surface area contributed by atoms with Crippen molar-refractivity contribution < 1.29 is 9.90 Å². The van der Waals surface area contributed by atoms with Crippen LogP contribution in [0.4, 0.5) is 11.4 Å². The molecule has 0 amide bonds. The van der Waals surface area contributed by atoms with E-state index in [0.29, 0.717) is 22.5 Å². The Balaban J connectivity index is 2.38. The number of nitrogens with one attached hydrogen (secondary N) is 1. The second-order valence-electron chi connectivity index (χ2n) is 4.62. The molecule has 0 bridgehead atoms. The second-order valence-corrected chi connectivity index (χ2v) is 4.62. The molecule has 0 fully saturated rings. The van der Waals surface area contributed by atoms with Crippen molar-refractivity contribution in [2.75, 3.05) is 5.32 Å². The van der Waals surface area contributed by atoms with Crippen molar-refractivity contribution in [1.82, 2.24) is 0 Å². The molecule has 100 valence electrons. The van der Waals surface area contributed by atoms with Gasteiger partial charge in [0.15, 0.2) is 0 Å². The lowest BCUT2D eigenvalue weighted by Crippen LogP contribution is -2.01. The molecular formula is C16H14N2O2. The standard InChI is InChI=1S/C16H14N2O2/c1-10-3-6-15(12(7-10)9-17)18-13-5-4-11(2)14(8-13)16(19)20/h3-8,18H,1-2H3,(H,19,20). The number of benzene rings is 2. The van der Waals surface area contributed by atoms with Gasteiger partial charge in [0.25, 0.3) is 0 Å². The number of nitriles is 1. The molecular weight excluding hydrogens is 252 g/mol. The van der Waals surface area contributed by atoms with Crippen LogP contribution in [0.1, 0.15) is 27.0 Å². The largest absolute Gasteiger partial charge is 0.478 e. The molecule has 0 aliphatic rings. The Bertz CT molecular complexity index is 715. The maximum atomic E-state index is 11.1. The zero-order valence-electron chi connectivity index (χ0n) is 11.3. The van der Waals surface area contributed by atoms with Crippen LogP contribution in [-0.4, -0.2) is 11.1 Å². The summed E-state index contributed by atoms with van der Waals surface area (Å²) in [5.74, 6) is -0.962. The van der Waals surface area contributed by atoms with E-state index in [-0.39, 0.29) is 5.56 Å². The number of nitrogens with zero attached hydrogens (tertiary/aromatic N) is 1. The summed E-state index contributed by atoms with van der Waals surface area (Å²) in [6, 6.07) is 12.7. The van der Waals surface area contributed by atoms with Gasteiger partial charge in [-0.2, -0.15) is 5.26 Å². The summed E-state index contributed by atoms with van der Waals surface area (Å²) in [6.45, 7) is 3.67. The van der Waals surface area contributed by atoms with Gasteiger partial charge in [-0.1, -0.05) is 12.1 Å². The molecule has 0 radical (unpaired) electrons. The smallest absolute Gasteiger partial charge is 0.336 e. The van der Waals surface area contributed by atoms with E-state index >= 15 is 0 Å². The van der Waals surface area contributed by atoms with Crippen LogP contribution in [0.5, 0.6) is 0 Å². The highest BCUT2D eigenvalue weighted by Crippen LogP contribution is 2.23. The highest BCUT2D eigenvalue weighted by Gasteiger charge is 2.09. The minimum absolute atomic E-state index is 0.251. The van der Waals surface area contributed by atoms with Gasteiger partial charge in [-0.3, -0.25) is 0 Å². The maximum Gasteiger partial charge on any atom is 0.336 e. The molecule has 0 saturated carbocycles. The van der Waals surface area contributed by atoms with E-state index in [9.17, 15) is 4.79 Å². The Labute approximate surface area is 117 Å². The molecule has 2 rings (SSSR count). The van der Waals surface area contributed by atoms with Gasteiger partial charge in [-0.25, -0.2) is 4.79 Å². The summed E-state index contributed by atoms with van der Waals surface area (Å²) >= 11 is 0. The predicted molar refractivity (Wildman–Crippen MR) is 77.3 cm³/mol. The van der Waals surface area contributed by atoms with Gasteiger partial charge in [-0.05, 0) is 49.2 Å². The van der Waals surface area contributed by atoms with Crippen molar-refractivity contribution in [3.05, 3.63) is 58.7 Å². The number of aromatic carboxylic acids is 1. The Hall–Kier alpha value is -2.80. The van der Waals surface area contributed by atoms with Crippen molar-refractivity contribution in [3.8, 4) is 6.07 Å². The molecule has 0 unspecified atom stereocenters. The van der Waals surface area contributed by atoms with Crippen molar-refractivity contribution in [1.29, 1.82) is 5.26 Å². The molecule has 4 nitrogen and oxygen atoms in total. The Kier molecular flexibility index (Phi) is 3.72. The first-order chi connectivity index (χ1) is 9.51. The number of carboxylic acids is 1. The lowest BCUT2D eigenvalue weighted by molar-refractivity contribution is 0.0696. The number of carbonyl (C=O) groups is 1. The Morgan fingerprint density at radius 2 is 1.95 bits per heavy atom. The van der Waals surface area contributed by atoms with E-state index in [1.807, 2.05) is 19.1 Å².